The molecule has 0 aromatic carbocycles. The van der Waals surface area contributed by atoms with Crippen LogP contribution < -0.4 is 0 Å². The molecule has 0 radical (unpaired) electrons. The van der Waals surface area contributed by atoms with Gasteiger partial charge in [-0.05, 0) is 0 Å². The third kappa shape index (κ3) is 2.45. The second kappa shape index (κ2) is 4.53. The van der Waals surface area contributed by atoms with Crippen molar-refractivity contribution in [1.82, 2.24) is 4.90 Å². The zero-order valence-corrected chi connectivity index (χ0v) is 9.11. The van der Waals surface area contributed by atoms with Gasteiger partial charge in [0.25, 0.3) is 0 Å². The first kappa shape index (κ1) is 17.4. The molecule has 0 fully saturated rings. The molecular formula is C8H7F8NO2. The second-order valence-electron chi connectivity index (χ2n) is 3.41. The van der Waals surface area contributed by atoms with E-state index in [0.29, 0.717) is 0 Å². The molecule has 0 saturated carbocycles. The lowest BCUT2D eigenvalue weighted by Gasteiger charge is -2.38. The van der Waals surface area contributed by atoms with Crippen LogP contribution in [0.25, 0.3) is 0 Å². The zero-order chi connectivity index (χ0) is 15.9. The monoisotopic (exact) mass is 301 g/mol. The van der Waals surface area contributed by atoms with Crippen LogP contribution >= 0.6 is 0 Å². The summed E-state index contributed by atoms with van der Waals surface area (Å²) in [6.07, 6.45) is -3.17. The first-order chi connectivity index (χ1) is 8.14. The summed E-state index contributed by atoms with van der Waals surface area (Å²) >= 11 is 0. The fraction of sp³-hybridized carbons (Fsp3) is 0.625. The Morgan fingerprint density at radius 3 is 1.63 bits per heavy atom. The van der Waals surface area contributed by atoms with Gasteiger partial charge in [-0.1, -0.05) is 6.58 Å². The standard InChI is InChI=1S/C8H7F8NO2/c1-3-17(4(18)19)8(15,16)7(13,14)6(11,12)5(2,9)10/h3H,1H2,2H3,(H,18,19). The van der Waals surface area contributed by atoms with Gasteiger partial charge >= 0.3 is 29.9 Å². The summed E-state index contributed by atoms with van der Waals surface area (Å²) in [5.74, 6) is -18.7. The van der Waals surface area contributed by atoms with E-state index >= 15 is 0 Å². The Kier molecular flexibility index (Phi) is 4.16. The predicted octanol–water partition coefficient (Wildman–Crippen LogP) is 3.63. The molecule has 0 atom stereocenters. The molecule has 0 aromatic rings. The molecule has 0 aliphatic carbocycles. The summed E-state index contributed by atoms with van der Waals surface area (Å²) in [4.78, 5) is 8.63. The van der Waals surface area contributed by atoms with Crippen molar-refractivity contribution < 1.29 is 45.0 Å². The van der Waals surface area contributed by atoms with Crippen molar-refractivity contribution in [3.8, 4) is 0 Å². The summed E-state index contributed by atoms with van der Waals surface area (Å²) in [7, 11) is 0. The molecule has 0 bridgehead atoms. The molecule has 3 nitrogen and oxygen atoms in total. The number of carbonyl (C=O) groups is 1. The van der Waals surface area contributed by atoms with Gasteiger partial charge in [0.15, 0.2) is 0 Å². The lowest BCUT2D eigenvalue weighted by atomic mass is 10.0. The smallest absolute Gasteiger partial charge is 0.416 e. The van der Waals surface area contributed by atoms with E-state index in [4.69, 9.17) is 5.11 Å². The molecule has 0 unspecified atom stereocenters. The highest BCUT2D eigenvalue weighted by molar-refractivity contribution is 5.67. The molecule has 0 spiro atoms. The van der Waals surface area contributed by atoms with E-state index in [2.05, 4.69) is 6.58 Å². The number of alkyl halides is 8. The molecule has 0 rings (SSSR count). The van der Waals surface area contributed by atoms with E-state index in [1.54, 1.807) is 0 Å². The number of rotatable bonds is 5. The van der Waals surface area contributed by atoms with Crippen molar-refractivity contribution in [2.45, 2.75) is 30.7 Å². The number of amides is 1. The maximum Gasteiger partial charge on any atom is 0.416 e. The van der Waals surface area contributed by atoms with Crippen LogP contribution in [0.1, 0.15) is 6.92 Å². The molecule has 0 saturated heterocycles. The Labute approximate surface area is 101 Å². The molecule has 0 aromatic heterocycles. The zero-order valence-electron chi connectivity index (χ0n) is 9.11. The van der Waals surface area contributed by atoms with Crippen LogP contribution in [0.3, 0.4) is 0 Å². The van der Waals surface area contributed by atoms with E-state index in [-0.39, 0.29) is 0 Å². The highest BCUT2D eigenvalue weighted by Crippen LogP contribution is 2.53. The average molecular weight is 301 g/mol. The quantitative estimate of drug-likeness (QED) is 0.622. The molecule has 0 heterocycles. The van der Waals surface area contributed by atoms with Crippen LogP contribution in [0.15, 0.2) is 12.8 Å². The molecule has 1 amide bonds. The Balaban J connectivity index is 5.89. The number of halogens is 8. The minimum absolute atomic E-state index is 0.403. The number of carboxylic acid groups (broad SMARTS) is 1. The summed E-state index contributed by atoms with van der Waals surface area (Å²) in [5.41, 5.74) is 0. The Bertz CT molecular complexity index is 375. The molecular weight excluding hydrogens is 294 g/mol. The fourth-order valence-electron chi connectivity index (χ4n) is 0.929. The SMILES string of the molecule is C=CN(C(=O)O)C(F)(F)C(F)(F)C(F)(F)C(C)(F)F. The normalized spacial score (nSPS) is 14.2. The lowest BCUT2D eigenvalue weighted by molar-refractivity contribution is -0.382. The summed E-state index contributed by atoms with van der Waals surface area (Å²) in [6, 6.07) is -6.12. The number of nitrogens with zero attached hydrogens (tertiary/aromatic N) is 1. The van der Waals surface area contributed by atoms with Crippen molar-refractivity contribution in [2.75, 3.05) is 0 Å². The Morgan fingerprint density at radius 2 is 1.42 bits per heavy atom. The van der Waals surface area contributed by atoms with Crippen molar-refractivity contribution in [3.63, 3.8) is 0 Å². The molecule has 112 valence electrons. The van der Waals surface area contributed by atoms with E-state index in [1.165, 1.54) is 0 Å². The second-order valence-corrected chi connectivity index (χ2v) is 3.41. The molecule has 1 N–H and O–H groups in total. The van der Waals surface area contributed by atoms with Crippen LogP contribution in [0.4, 0.5) is 39.9 Å². The summed E-state index contributed by atoms with van der Waals surface area (Å²) < 4.78 is 102. The molecule has 0 aliphatic heterocycles. The van der Waals surface area contributed by atoms with Gasteiger partial charge in [0.05, 0.1) is 0 Å². The molecule has 0 aliphatic rings. The minimum atomic E-state index is -6.66. The number of hydrogen-bond acceptors (Lipinski definition) is 1. The lowest BCUT2D eigenvalue weighted by Crippen LogP contribution is -2.66. The highest BCUT2D eigenvalue weighted by Gasteiger charge is 2.81. The van der Waals surface area contributed by atoms with Gasteiger partial charge in [-0.2, -0.15) is 35.1 Å². The number of hydrogen-bond donors (Lipinski definition) is 1. The Hall–Kier alpha value is -1.55. The van der Waals surface area contributed by atoms with Crippen molar-refractivity contribution in [3.05, 3.63) is 12.8 Å². The van der Waals surface area contributed by atoms with Crippen LogP contribution in [0, 0.1) is 0 Å². The van der Waals surface area contributed by atoms with Gasteiger partial charge < -0.3 is 5.11 Å². The third-order valence-corrected chi connectivity index (χ3v) is 2.01. The topological polar surface area (TPSA) is 40.5 Å². The third-order valence-electron chi connectivity index (χ3n) is 2.01. The van der Waals surface area contributed by atoms with E-state index in [1.807, 2.05) is 0 Å². The van der Waals surface area contributed by atoms with Crippen molar-refractivity contribution in [2.24, 2.45) is 0 Å². The highest BCUT2D eigenvalue weighted by atomic mass is 19.4. The van der Waals surface area contributed by atoms with Gasteiger partial charge in [-0.25, -0.2) is 9.69 Å². The maximum atomic E-state index is 13.1. The fourth-order valence-corrected chi connectivity index (χ4v) is 0.929. The van der Waals surface area contributed by atoms with Gasteiger partial charge in [-0.15, -0.1) is 0 Å². The maximum absolute atomic E-state index is 13.1. The van der Waals surface area contributed by atoms with Crippen LogP contribution in [0.2, 0.25) is 0 Å². The van der Waals surface area contributed by atoms with E-state index in [0.717, 1.165) is 0 Å². The van der Waals surface area contributed by atoms with Crippen LogP contribution in [-0.2, 0) is 0 Å². The van der Waals surface area contributed by atoms with Gasteiger partial charge in [0, 0.05) is 13.1 Å². The van der Waals surface area contributed by atoms with E-state index in [9.17, 15) is 39.9 Å². The van der Waals surface area contributed by atoms with Crippen molar-refractivity contribution in [1.29, 1.82) is 0 Å². The van der Waals surface area contributed by atoms with Crippen LogP contribution in [0.5, 0.6) is 0 Å². The molecule has 11 heteroatoms. The molecule has 19 heavy (non-hydrogen) atoms. The van der Waals surface area contributed by atoms with E-state index < -0.39 is 47.9 Å². The van der Waals surface area contributed by atoms with Gasteiger partial charge in [-0.3, -0.25) is 0 Å². The first-order valence-corrected chi connectivity index (χ1v) is 4.30. The van der Waals surface area contributed by atoms with Crippen LogP contribution in [-0.4, -0.2) is 39.9 Å². The summed E-state index contributed by atoms with van der Waals surface area (Å²) in [5, 5.41) is 8.15. The largest absolute Gasteiger partial charge is 0.465 e. The Morgan fingerprint density at radius 1 is 1.05 bits per heavy atom. The van der Waals surface area contributed by atoms with Crippen molar-refractivity contribution >= 4 is 6.09 Å². The minimum Gasteiger partial charge on any atom is -0.465 e. The van der Waals surface area contributed by atoms with Gasteiger partial charge in [0.2, 0.25) is 0 Å². The predicted molar refractivity (Wildman–Crippen MR) is 45.5 cm³/mol. The average Bonchev–Trinajstić information content (AvgIpc) is 2.14. The summed E-state index contributed by atoms with van der Waals surface area (Å²) in [6.45, 7) is 1.71. The van der Waals surface area contributed by atoms with Gasteiger partial charge in [0.1, 0.15) is 0 Å². The first-order valence-electron chi connectivity index (χ1n) is 4.30.